The van der Waals surface area contributed by atoms with Crippen molar-refractivity contribution in [1.82, 2.24) is 15.1 Å². The smallest absolute Gasteiger partial charge is 0.256 e. The fourth-order valence-electron chi connectivity index (χ4n) is 10.1. The van der Waals surface area contributed by atoms with E-state index in [0.29, 0.717) is 77.7 Å². The van der Waals surface area contributed by atoms with Crippen molar-refractivity contribution in [2.24, 2.45) is 10.9 Å². The molecule has 4 amide bonds. The van der Waals surface area contributed by atoms with Crippen LogP contribution < -0.4 is 24.8 Å². The van der Waals surface area contributed by atoms with Crippen LogP contribution in [0.15, 0.2) is 96.0 Å². The number of Topliss-reactive ketones (excluding diaryl/α,β-unsaturated/α-hetero) is 1. The van der Waals surface area contributed by atoms with Crippen molar-refractivity contribution < 1.29 is 38.2 Å². The molecule has 4 atom stereocenters. The van der Waals surface area contributed by atoms with Crippen LogP contribution in [-0.2, 0) is 59.9 Å². The predicted octanol–water partition coefficient (Wildman–Crippen LogP) is 9.49. The van der Waals surface area contributed by atoms with Gasteiger partial charge in [0, 0.05) is 66.2 Å². The molecule has 5 aromatic rings. The van der Waals surface area contributed by atoms with Gasteiger partial charge in [-0.2, -0.15) is 12.6 Å². The number of benzene rings is 5. The van der Waals surface area contributed by atoms with Crippen LogP contribution >= 0.6 is 12.6 Å². The number of ether oxygens (including phenoxy) is 3. The average molecular weight is 990 g/mol. The van der Waals surface area contributed by atoms with E-state index in [9.17, 15) is 24.0 Å². The van der Waals surface area contributed by atoms with E-state index in [0.717, 1.165) is 35.1 Å². The van der Waals surface area contributed by atoms with Gasteiger partial charge in [-0.3, -0.25) is 29.0 Å². The van der Waals surface area contributed by atoms with Gasteiger partial charge in [0.15, 0.2) is 17.3 Å². The molecule has 374 valence electrons. The molecule has 9 rings (SSSR count). The van der Waals surface area contributed by atoms with Gasteiger partial charge < -0.3 is 34.6 Å². The largest absolute Gasteiger partial charge is 0.493 e. The lowest BCUT2D eigenvalue weighted by Gasteiger charge is -2.35. The first-order valence-electron chi connectivity index (χ1n) is 24.9. The molecule has 0 saturated heterocycles. The quantitative estimate of drug-likeness (QED) is 0.0827. The molecule has 72 heavy (non-hydrogen) atoms. The fraction of sp³-hybridized carbons (Fsp3) is 0.379. The number of aliphatic imine (C=N–C) groups is 1. The number of rotatable bonds is 16. The molecule has 0 unspecified atom stereocenters. The molecule has 4 aliphatic rings. The highest BCUT2D eigenvalue weighted by atomic mass is 32.1. The highest BCUT2D eigenvalue weighted by Crippen LogP contribution is 2.39. The number of nitrogens with one attached hydrogen (secondary N) is 2. The van der Waals surface area contributed by atoms with Gasteiger partial charge in [-0.1, -0.05) is 69.3 Å². The number of hydrogen-bond donors (Lipinski definition) is 3. The zero-order valence-electron chi connectivity index (χ0n) is 41.9. The molecule has 4 heterocycles. The summed E-state index contributed by atoms with van der Waals surface area (Å²) in [6.45, 7) is 10.3. The zero-order chi connectivity index (χ0) is 50.8. The summed E-state index contributed by atoms with van der Waals surface area (Å²) < 4.78 is 18.5. The third-order valence-electron chi connectivity index (χ3n) is 14.3. The molecular formula is C58H63N5O8S. The minimum Gasteiger partial charge on any atom is -0.493 e. The highest BCUT2D eigenvalue weighted by Gasteiger charge is 2.36. The van der Waals surface area contributed by atoms with Crippen molar-refractivity contribution in [3.8, 4) is 17.2 Å². The van der Waals surface area contributed by atoms with Gasteiger partial charge in [-0.25, -0.2) is 0 Å². The Balaban J connectivity index is 0.935. The molecule has 0 fully saturated rings. The van der Waals surface area contributed by atoms with E-state index in [1.165, 1.54) is 16.7 Å². The molecular weight excluding hydrogens is 927 g/mol. The lowest BCUT2D eigenvalue weighted by Crippen LogP contribution is -2.44. The van der Waals surface area contributed by atoms with Gasteiger partial charge in [0.2, 0.25) is 11.8 Å². The van der Waals surface area contributed by atoms with E-state index < -0.39 is 12.0 Å². The van der Waals surface area contributed by atoms with Crippen LogP contribution in [0.1, 0.15) is 119 Å². The number of carbonyl (C=O) groups is 5. The molecule has 0 aromatic heterocycles. The molecule has 4 aliphatic heterocycles. The third kappa shape index (κ3) is 11.2. The van der Waals surface area contributed by atoms with Crippen molar-refractivity contribution in [3.05, 3.63) is 147 Å². The summed E-state index contributed by atoms with van der Waals surface area (Å²) in [4.78, 5) is 76.5. The molecule has 0 bridgehead atoms. The first-order chi connectivity index (χ1) is 34.5. The Kier molecular flexibility index (Phi) is 14.6. The minimum absolute atomic E-state index is 0.0201. The van der Waals surface area contributed by atoms with Crippen molar-refractivity contribution in [1.29, 1.82) is 0 Å². The van der Waals surface area contributed by atoms with Crippen molar-refractivity contribution in [2.75, 3.05) is 12.4 Å². The highest BCUT2D eigenvalue weighted by molar-refractivity contribution is 7.81. The van der Waals surface area contributed by atoms with Crippen LogP contribution in [0.3, 0.4) is 0 Å². The standard InChI is InChI=1S/C58H63N5O8S/c1-34-19-48-49(59-29-46-25-40-12-8-10-14-43(40)31-63(46)57(48)68)28-51(34)70-32-37-21-38(23-44(22-37)61-55(66)35(2)20-50(64)36(3)60-54(65)17-18-58(4,5)72)33-71-53-26-41-15-16-45-24-39-11-7-9-13-42(39)30-62(45)56(67)47(41)27-52(53)69-6/h7-14,19,21-23,26-29,35-36,45-46,72H,15-18,20,24-25,30-33H2,1-6H3,(H,60,65)(H,61,66)/t35-,36+,45-,46+/m1/s1. The van der Waals surface area contributed by atoms with Crippen molar-refractivity contribution >= 4 is 59.6 Å². The Bertz CT molecular complexity index is 2980. The van der Waals surface area contributed by atoms with E-state index in [4.69, 9.17) is 19.2 Å². The van der Waals surface area contributed by atoms with E-state index in [1.807, 2.05) is 91.4 Å². The van der Waals surface area contributed by atoms with Gasteiger partial charge >= 0.3 is 0 Å². The lowest BCUT2D eigenvalue weighted by atomic mass is 9.92. The second kappa shape index (κ2) is 21.0. The third-order valence-corrected chi connectivity index (χ3v) is 14.6. The first-order valence-corrected chi connectivity index (χ1v) is 25.3. The number of carbonyl (C=O) groups excluding carboxylic acids is 5. The molecule has 0 spiro atoms. The lowest BCUT2D eigenvalue weighted by molar-refractivity contribution is -0.129. The van der Waals surface area contributed by atoms with Crippen LogP contribution in [0.25, 0.3) is 0 Å². The van der Waals surface area contributed by atoms with Gasteiger partial charge in [0.05, 0.1) is 30.4 Å². The number of ketones is 1. The van der Waals surface area contributed by atoms with E-state index in [-0.39, 0.29) is 72.3 Å². The van der Waals surface area contributed by atoms with Crippen LogP contribution in [0.2, 0.25) is 0 Å². The number of amides is 4. The normalized spacial score (nSPS) is 17.6. The Labute approximate surface area is 427 Å². The number of thiol groups is 1. The summed E-state index contributed by atoms with van der Waals surface area (Å²) in [5, 5.41) is 5.78. The summed E-state index contributed by atoms with van der Waals surface area (Å²) in [7, 11) is 1.56. The summed E-state index contributed by atoms with van der Waals surface area (Å²) in [6.07, 6.45) is 5.58. The number of hydrogen-bond acceptors (Lipinski definition) is 10. The summed E-state index contributed by atoms with van der Waals surface area (Å²) in [5.41, 5.74) is 10.0. The molecule has 0 saturated carbocycles. The number of fused-ring (bicyclic) bond motifs is 6. The average Bonchev–Trinajstić information content (AvgIpc) is 3.57. The summed E-state index contributed by atoms with van der Waals surface area (Å²) in [6, 6.07) is 28.6. The molecule has 14 heteroatoms. The minimum atomic E-state index is -0.763. The van der Waals surface area contributed by atoms with E-state index >= 15 is 0 Å². The van der Waals surface area contributed by atoms with Gasteiger partial charge in [-0.15, -0.1) is 0 Å². The number of nitrogens with zero attached hydrogens (tertiary/aromatic N) is 3. The second-order valence-electron chi connectivity index (χ2n) is 20.4. The van der Waals surface area contributed by atoms with Crippen LogP contribution in [0.5, 0.6) is 17.2 Å². The molecule has 13 nitrogen and oxygen atoms in total. The first kappa shape index (κ1) is 50.0. The Morgan fingerprint density at radius 2 is 1.42 bits per heavy atom. The molecule has 0 aliphatic carbocycles. The Hall–Kier alpha value is -6.93. The van der Waals surface area contributed by atoms with Crippen molar-refractivity contribution in [3.63, 3.8) is 0 Å². The second-order valence-corrected chi connectivity index (χ2v) is 21.6. The molecule has 2 N–H and O–H groups in total. The van der Waals surface area contributed by atoms with Crippen molar-refractivity contribution in [2.45, 2.75) is 129 Å². The predicted molar refractivity (Wildman–Crippen MR) is 281 cm³/mol. The maximum Gasteiger partial charge on any atom is 0.256 e. The topological polar surface area (TPSA) is 156 Å². The van der Waals surface area contributed by atoms with Gasteiger partial charge in [-0.05, 0) is 127 Å². The van der Waals surface area contributed by atoms with Crippen LogP contribution in [0, 0.1) is 12.8 Å². The fourth-order valence-corrected chi connectivity index (χ4v) is 10.3. The van der Waals surface area contributed by atoms with Crippen LogP contribution in [-0.4, -0.2) is 75.4 Å². The van der Waals surface area contributed by atoms with E-state index in [1.54, 1.807) is 27.0 Å². The van der Waals surface area contributed by atoms with E-state index in [2.05, 4.69) is 53.6 Å². The molecule has 0 radical (unpaired) electrons. The number of anilines is 1. The van der Waals surface area contributed by atoms with Gasteiger partial charge in [0.25, 0.3) is 11.8 Å². The summed E-state index contributed by atoms with van der Waals surface area (Å²) in [5.74, 6) is -0.210. The molecule has 5 aromatic carbocycles. The maximum atomic E-state index is 14.1. The number of methoxy groups -OCH3 is 1. The number of aryl methyl sites for hydroxylation is 2. The summed E-state index contributed by atoms with van der Waals surface area (Å²) >= 11 is 4.49. The Morgan fingerprint density at radius 1 is 0.778 bits per heavy atom. The Morgan fingerprint density at radius 3 is 2.10 bits per heavy atom. The maximum absolute atomic E-state index is 14.1. The van der Waals surface area contributed by atoms with Gasteiger partial charge in [0.1, 0.15) is 19.0 Å². The van der Waals surface area contributed by atoms with Crippen LogP contribution in [0.4, 0.5) is 11.4 Å². The monoisotopic (exact) mass is 989 g/mol. The zero-order valence-corrected chi connectivity index (χ0v) is 42.8. The SMILES string of the molecule is COc1cc2c(cc1OCc1cc(COc3cc4c(cc3C)C(=O)N3Cc5ccccc5C[C@H]3C=N4)cc(NC(=O)[C@H](C)CC(=O)[C@H](C)NC(=O)CCC(C)(C)S)c1)CC[C@@H]1Cc3ccccc3CN1C2=O.